The molecule has 2 aromatic carbocycles. The van der Waals surface area contributed by atoms with Crippen molar-refractivity contribution < 1.29 is 4.74 Å². The first-order valence-electron chi connectivity index (χ1n) is 8.58. The van der Waals surface area contributed by atoms with Gasteiger partial charge in [-0.1, -0.05) is 29.8 Å². The van der Waals surface area contributed by atoms with Gasteiger partial charge < -0.3 is 9.72 Å². The largest absolute Gasteiger partial charge is 0.497 e. The lowest BCUT2D eigenvalue weighted by molar-refractivity contribution is 0.415. The van der Waals surface area contributed by atoms with Crippen molar-refractivity contribution in [3.05, 3.63) is 74.4 Å². The van der Waals surface area contributed by atoms with E-state index in [9.17, 15) is 9.59 Å². The predicted molar refractivity (Wildman–Crippen MR) is 106 cm³/mol. The minimum atomic E-state index is -0.539. The normalized spacial score (nSPS) is 11.1. The van der Waals surface area contributed by atoms with Crippen molar-refractivity contribution in [3.63, 3.8) is 0 Å². The van der Waals surface area contributed by atoms with Crippen LogP contribution in [-0.2, 0) is 0 Å². The van der Waals surface area contributed by atoms with E-state index in [1.807, 2.05) is 50.2 Å². The van der Waals surface area contributed by atoms with Crippen molar-refractivity contribution in [3.8, 4) is 28.1 Å². The maximum absolute atomic E-state index is 12.6. The van der Waals surface area contributed by atoms with Crippen LogP contribution in [0.1, 0.15) is 11.1 Å². The van der Waals surface area contributed by atoms with Crippen LogP contribution in [0.5, 0.6) is 5.75 Å². The first-order valence-corrected chi connectivity index (χ1v) is 8.58. The zero-order chi connectivity index (χ0) is 19.1. The lowest BCUT2D eigenvalue weighted by atomic mass is 9.95. The molecule has 2 heterocycles. The number of fused-ring (bicyclic) bond motifs is 1. The van der Waals surface area contributed by atoms with Crippen molar-refractivity contribution >= 4 is 11.0 Å². The van der Waals surface area contributed by atoms with Gasteiger partial charge in [-0.05, 0) is 43.2 Å². The Kier molecular flexibility index (Phi) is 3.96. The highest BCUT2D eigenvalue weighted by atomic mass is 16.5. The topological polar surface area (TPSA) is 90.7 Å². The minimum Gasteiger partial charge on any atom is -0.497 e. The first kappa shape index (κ1) is 16.9. The summed E-state index contributed by atoms with van der Waals surface area (Å²) in [7, 11) is 1.61. The molecule has 4 rings (SSSR count). The van der Waals surface area contributed by atoms with E-state index in [1.54, 1.807) is 7.11 Å². The molecule has 6 nitrogen and oxygen atoms in total. The van der Waals surface area contributed by atoms with Crippen molar-refractivity contribution in [2.45, 2.75) is 13.8 Å². The Hall–Kier alpha value is -3.54. The third-order valence-electron chi connectivity index (χ3n) is 4.73. The number of aromatic amines is 3. The summed E-state index contributed by atoms with van der Waals surface area (Å²) >= 11 is 0. The molecule has 4 aromatic rings. The van der Waals surface area contributed by atoms with Crippen LogP contribution in [-0.4, -0.2) is 22.1 Å². The summed E-state index contributed by atoms with van der Waals surface area (Å²) in [4.78, 5) is 32.6. The highest BCUT2D eigenvalue weighted by Crippen LogP contribution is 2.38. The molecule has 0 saturated carbocycles. The summed E-state index contributed by atoms with van der Waals surface area (Å²) in [6.45, 7) is 4.04. The molecule has 0 bridgehead atoms. The number of H-pyrrole nitrogens is 3. The lowest BCUT2D eigenvalue weighted by Crippen LogP contribution is -2.21. The van der Waals surface area contributed by atoms with Crippen LogP contribution in [0, 0.1) is 13.8 Å². The zero-order valence-electron chi connectivity index (χ0n) is 15.3. The van der Waals surface area contributed by atoms with E-state index in [-0.39, 0.29) is 0 Å². The van der Waals surface area contributed by atoms with Crippen LogP contribution in [0.4, 0.5) is 0 Å². The fourth-order valence-corrected chi connectivity index (χ4v) is 3.38. The lowest BCUT2D eigenvalue weighted by Gasteiger charge is -2.10. The van der Waals surface area contributed by atoms with Crippen LogP contribution < -0.4 is 16.0 Å². The number of methoxy groups -OCH3 is 1. The van der Waals surface area contributed by atoms with Crippen molar-refractivity contribution in [2.24, 2.45) is 0 Å². The highest BCUT2D eigenvalue weighted by Gasteiger charge is 2.20. The van der Waals surface area contributed by atoms with Crippen LogP contribution in [0.3, 0.4) is 0 Å². The Morgan fingerprint density at radius 3 is 2.33 bits per heavy atom. The van der Waals surface area contributed by atoms with Crippen LogP contribution in [0.25, 0.3) is 33.4 Å². The number of hydrogen-bond acceptors (Lipinski definition) is 3. The molecule has 0 spiro atoms. The Labute approximate surface area is 154 Å². The Bertz CT molecular complexity index is 1260. The average Bonchev–Trinajstić information content (AvgIpc) is 3.03. The number of hydrogen-bond donors (Lipinski definition) is 3. The second-order valence-electron chi connectivity index (χ2n) is 6.58. The van der Waals surface area contributed by atoms with E-state index >= 15 is 0 Å². The van der Waals surface area contributed by atoms with Crippen LogP contribution in [0.2, 0.25) is 0 Å². The van der Waals surface area contributed by atoms with E-state index in [0.717, 1.165) is 39.3 Å². The van der Waals surface area contributed by atoms with E-state index < -0.39 is 11.2 Å². The number of aryl methyl sites for hydroxylation is 2. The van der Waals surface area contributed by atoms with Crippen molar-refractivity contribution in [1.29, 1.82) is 0 Å². The van der Waals surface area contributed by atoms with E-state index in [1.165, 1.54) is 0 Å². The smallest absolute Gasteiger partial charge is 0.327 e. The van der Waals surface area contributed by atoms with Gasteiger partial charge in [0.2, 0.25) is 0 Å². The summed E-state index contributed by atoms with van der Waals surface area (Å²) in [5.41, 5.74) is 5.01. The van der Waals surface area contributed by atoms with Gasteiger partial charge >= 0.3 is 5.69 Å². The summed E-state index contributed by atoms with van der Waals surface area (Å²) in [5.74, 6) is 0.731. The molecule has 0 aliphatic heterocycles. The van der Waals surface area contributed by atoms with Gasteiger partial charge in [0.05, 0.1) is 18.2 Å². The summed E-state index contributed by atoms with van der Waals surface area (Å²) in [5, 5.41) is 0.427. The number of ether oxygens (including phenoxy) is 1. The van der Waals surface area contributed by atoms with E-state index in [2.05, 4.69) is 21.0 Å². The van der Waals surface area contributed by atoms with E-state index in [0.29, 0.717) is 11.0 Å². The Morgan fingerprint density at radius 1 is 0.889 bits per heavy atom. The third kappa shape index (κ3) is 2.85. The van der Waals surface area contributed by atoms with Crippen molar-refractivity contribution in [2.75, 3.05) is 7.11 Å². The molecular formula is C21H19N3O3. The molecule has 0 saturated heterocycles. The van der Waals surface area contributed by atoms with Gasteiger partial charge in [-0.3, -0.25) is 14.8 Å². The van der Waals surface area contributed by atoms with Gasteiger partial charge in [0.1, 0.15) is 11.4 Å². The van der Waals surface area contributed by atoms with Gasteiger partial charge in [0.25, 0.3) is 5.56 Å². The molecule has 3 N–H and O–H groups in total. The molecule has 6 heteroatoms. The van der Waals surface area contributed by atoms with Crippen LogP contribution >= 0.6 is 0 Å². The second-order valence-corrected chi connectivity index (χ2v) is 6.58. The molecule has 2 aromatic heterocycles. The Balaban J connectivity index is 2.12. The average molecular weight is 361 g/mol. The van der Waals surface area contributed by atoms with E-state index in [4.69, 9.17) is 4.74 Å². The molecule has 0 aliphatic carbocycles. The number of aromatic nitrogens is 3. The van der Waals surface area contributed by atoms with Gasteiger partial charge in [0.15, 0.2) is 0 Å². The molecule has 0 atom stereocenters. The standard InChI is InChI=1S/C21H19N3O3/c1-11-4-5-12(2)15(10-11)18-16(13-6-8-14(27-3)9-7-13)17-19(22-18)23-21(26)24-20(17)25/h4-10H,1-3H3,(H3,22,23,24,25,26). The van der Waals surface area contributed by atoms with Crippen LogP contribution in [0.15, 0.2) is 52.1 Å². The maximum Gasteiger partial charge on any atom is 0.327 e. The molecule has 27 heavy (non-hydrogen) atoms. The fourth-order valence-electron chi connectivity index (χ4n) is 3.38. The molecule has 0 aliphatic rings. The Morgan fingerprint density at radius 2 is 1.63 bits per heavy atom. The predicted octanol–water partition coefficient (Wildman–Crippen LogP) is 3.50. The van der Waals surface area contributed by atoms with Gasteiger partial charge in [-0.15, -0.1) is 0 Å². The third-order valence-corrected chi connectivity index (χ3v) is 4.73. The second kappa shape index (κ2) is 6.32. The molecule has 0 unspecified atom stereocenters. The van der Waals surface area contributed by atoms with Gasteiger partial charge in [-0.2, -0.15) is 0 Å². The quantitative estimate of drug-likeness (QED) is 0.521. The molecule has 0 radical (unpaired) electrons. The fraction of sp³-hybridized carbons (Fsp3) is 0.143. The zero-order valence-corrected chi connectivity index (χ0v) is 15.3. The maximum atomic E-state index is 12.6. The van der Waals surface area contributed by atoms with Crippen molar-refractivity contribution in [1.82, 2.24) is 15.0 Å². The highest BCUT2D eigenvalue weighted by molar-refractivity contribution is 6.02. The summed E-state index contributed by atoms with van der Waals surface area (Å²) in [6, 6.07) is 13.7. The summed E-state index contributed by atoms with van der Waals surface area (Å²) in [6.07, 6.45) is 0. The van der Waals surface area contributed by atoms with Gasteiger partial charge in [0, 0.05) is 11.1 Å². The number of rotatable bonds is 3. The molecule has 0 fully saturated rings. The molecule has 136 valence electrons. The number of benzene rings is 2. The van der Waals surface area contributed by atoms with Gasteiger partial charge in [-0.25, -0.2) is 4.79 Å². The summed E-state index contributed by atoms with van der Waals surface area (Å²) < 4.78 is 5.24. The molecular weight excluding hydrogens is 342 g/mol. The monoisotopic (exact) mass is 361 g/mol. The number of nitrogens with one attached hydrogen (secondary N) is 3. The minimum absolute atomic E-state index is 0.408. The first-order chi connectivity index (χ1) is 13.0. The molecule has 0 amide bonds. The SMILES string of the molecule is COc1ccc(-c2c(-c3cc(C)ccc3C)[nH]c3[nH]c(=O)[nH]c(=O)c23)cc1.